The van der Waals surface area contributed by atoms with Gasteiger partial charge < -0.3 is 0 Å². The summed E-state index contributed by atoms with van der Waals surface area (Å²) in [6.07, 6.45) is 0. The van der Waals surface area contributed by atoms with Crippen LogP contribution in [-0.2, 0) is 11.8 Å². The lowest BCUT2D eigenvalue weighted by Crippen LogP contribution is -2.05. The standard InChI is InChI=1S/C14H10F5PS3/c15-9-10(16)12(18)14(13(19)11(9)17)23-6-8(22-20(23)21)7-4-2-1-3-5-7/h1-5,8,20,23H,6H2/t8-/m1/s1. The molecule has 1 aliphatic rings. The van der Waals surface area contributed by atoms with Gasteiger partial charge in [0.25, 0.3) is 0 Å². The van der Waals surface area contributed by atoms with Gasteiger partial charge in [0.1, 0.15) is 0 Å². The van der Waals surface area contributed by atoms with Crippen molar-refractivity contribution >= 4 is 38.8 Å². The minimum atomic E-state index is -2.12. The lowest BCUT2D eigenvalue weighted by molar-refractivity contribution is 0.360. The van der Waals surface area contributed by atoms with Gasteiger partial charge in [-0.1, -0.05) is 42.1 Å². The van der Waals surface area contributed by atoms with Crippen molar-refractivity contribution in [3.63, 3.8) is 0 Å². The summed E-state index contributed by atoms with van der Waals surface area (Å²) in [6.45, 7) is 0. The van der Waals surface area contributed by atoms with Gasteiger partial charge in [0.2, 0.25) is 5.82 Å². The van der Waals surface area contributed by atoms with Crippen molar-refractivity contribution in [2.24, 2.45) is 0 Å². The highest BCUT2D eigenvalue weighted by atomic mass is 33.2. The molecule has 23 heavy (non-hydrogen) atoms. The molecular formula is C14H10F5PS3. The van der Waals surface area contributed by atoms with Crippen LogP contribution in [0.15, 0.2) is 35.2 Å². The van der Waals surface area contributed by atoms with E-state index in [1.807, 2.05) is 30.3 Å². The third kappa shape index (κ3) is 3.06. The molecule has 1 heterocycles. The minimum absolute atomic E-state index is 0.0660. The van der Waals surface area contributed by atoms with Gasteiger partial charge in [0, 0.05) is 10.4 Å². The van der Waals surface area contributed by atoms with Crippen molar-refractivity contribution < 1.29 is 22.0 Å². The molecule has 0 N–H and O–H groups in total. The van der Waals surface area contributed by atoms with Crippen LogP contribution in [0, 0.1) is 29.1 Å². The molecule has 1 aliphatic heterocycles. The second-order valence-corrected chi connectivity index (χ2v) is 16.5. The molecule has 0 nitrogen and oxygen atoms in total. The van der Waals surface area contributed by atoms with Crippen molar-refractivity contribution in [2.75, 3.05) is 5.75 Å². The van der Waals surface area contributed by atoms with Crippen molar-refractivity contribution in [1.82, 2.24) is 0 Å². The Balaban J connectivity index is 2.02. The first-order chi connectivity index (χ1) is 10.9. The minimum Gasteiger partial charge on any atom is -0.202 e. The summed E-state index contributed by atoms with van der Waals surface area (Å²) < 4.78 is 68.1. The first kappa shape index (κ1) is 17.3. The largest absolute Gasteiger partial charge is 0.202 e. The SMILES string of the molecule is Fc1c(F)c(F)c([SH]2C[C@H](c3ccccc3)S[PH]2=S)c(F)c1F. The van der Waals surface area contributed by atoms with Crippen molar-refractivity contribution in [2.45, 2.75) is 10.1 Å². The number of rotatable bonds is 2. The zero-order valence-corrected chi connectivity index (χ0v) is 14.9. The Hall–Kier alpha value is -0.560. The van der Waals surface area contributed by atoms with Crippen LogP contribution in [0.4, 0.5) is 22.0 Å². The summed E-state index contributed by atoms with van der Waals surface area (Å²) in [5.74, 6) is -9.02. The first-order valence-corrected chi connectivity index (χ1v) is 13.1. The van der Waals surface area contributed by atoms with E-state index in [1.165, 1.54) is 11.4 Å². The van der Waals surface area contributed by atoms with Gasteiger partial charge in [-0.05, 0) is 11.3 Å². The molecule has 2 aromatic carbocycles. The summed E-state index contributed by atoms with van der Waals surface area (Å²) in [5, 5.41) is -1.77. The second kappa shape index (κ2) is 6.75. The van der Waals surface area contributed by atoms with E-state index in [4.69, 9.17) is 11.8 Å². The van der Waals surface area contributed by atoms with Gasteiger partial charge in [0.15, 0.2) is 23.3 Å². The van der Waals surface area contributed by atoms with Gasteiger partial charge in [-0.3, -0.25) is 0 Å². The Morgan fingerprint density at radius 2 is 1.43 bits per heavy atom. The lowest BCUT2D eigenvalue weighted by atomic mass is 10.2. The van der Waals surface area contributed by atoms with Crippen LogP contribution < -0.4 is 0 Å². The molecule has 9 heteroatoms. The van der Waals surface area contributed by atoms with Gasteiger partial charge in [-0.15, -0.1) is 11.4 Å². The Labute approximate surface area is 141 Å². The maximum Gasteiger partial charge on any atom is 0.200 e. The maximum absolute atomic E-state index is 14.0. The molecule has 1 saturated heterocycles. The van der Waals surface area contributed by atoms with E-state index in [2.05, 4.69) is 0 Å². The predicted molar refractivity (Wildman–Crippen MR) is 90.8 cm³/mol. The Bertz CT molecular complexity index is 755. The van der Waals surface area contributed by atoms with Crippen molar-refractivity contribution in [3.05, 3.63) is 65.0 Å². The van der Waals surface area contributed by atoms with Gasteiger partial charge >= 0.3 is 0 Å². The van der Waals surface area contributed by atoms with E-state index in [0.29, 0.717) is 5.75 Å². The van der Waals surface area contributed by atoms with E-state index in [0.717, 1.165) is 5.56 Å². The molecular weight excluding hydrogens is 390 g/mol. The third-order valence-electron chi connectivity index (χ3n) is 3.44. The van der Waals surface area contributed by atoms with E-state index < -0.39 is 49.6 Å². The van der Waals surface area contributed by atoms with E-state index in [9.17, 15) is 22.0 Å². The molecule has 0 aromatic heterocycles. The van der Waals surface area contributed by atoms with Crippen LogP contribution in [0.3, 0.4) is 0 Å². The lowest BCUT2D eigenvalue weighted by Gasteiger charge is -2.18. The molecule has 1 fully saturated rings. The van der Waals surface area contributed by atoms with Crippen LogP contribution in [0.2, 0.25) is 0 Å². The molecule has 3 atom stereocenters. The Morgan fingerprint density at radius 1 is 0.913 bits per heavy atom. The molecule has 2 unspecified atom stereocenters. The van der Waals surface area contributed by atoms with Crippen LogP contribution >= 0.6 is 27.0 Å². The number of halogens is 5. The smallest absolute Gasteiger partial charge is 0.200 e. The summed E-state index contributed by atoms with van der Waals surface area (Å²) in [6, 6.07) is 9.27. The molecule has 3 rings (SSSR count). The van der Waals surface area contributed by atoms with E-state index in [-0.39, 0.29) is 5.25 Å². The highest BCUT2D eigenvalue weighted by Gasteiger charge is 2.36. The number of hydrogen-bond donors (Lipinski definition) is 1. The van der Waals surface area contributed by atoms with Crippen LogP contribution in [0.1, 0.15) is 10.8 Å². The number of benzene rings is 2. The van der Waals surface area contributed by atoms with Crippen molar-refractivity contribution in [1.29, 1.82) is 0 Å². The fraction of sp³-hybridized carbons (Fsp3) is 0.143. The topological polar surface area (TPSA) is 0 Å². The average Bonchev–Trinajstić information content (AvgIpc) is 2.94. The van der Waals surface area contributed by atoms with E-state index >= 15 is 0 Å². The number of hydrogen-bond acceptors (Lipinski definition) is 2. The van der Waals surface area contributed by atoms with Crippen molar-refractivity contribution in [3.8, 4) is 0 Å². The highest BCUT2D eigenvalue weighted by molar-refractivity contribution is 9.00. The summed E-state index contributed by atoms with van der Waals surface area (Å²) in [7, 11) is -1.57. The monoisotopic (exact) mass is 400 g/mol. The van der Waals surface area contributed by atoms with Crippen LogP contribution in [-0.4, -0.2) is 5.75 Å². The second-order valence-electron chi connectivity index (χ2n) is 4.81. The fourth-order valence-electron chi connectivity index (χ4n) is 2.32. The molecule has 0 amide bonds. The van der Waals surface area contributed by atoms with E-state index in [1.54, 1.807) is 0 Å². The van der Waals surface area contributed by atoms with Crippen LogP contribution in [0.25, 0.3) is 0 Å². The Kier molecular flexibility index (Phi) is 5.06. The van der Waals surface area contributed by atoms with Gasteiger partial charge in [0.05, 0.1) is 4.90 Å². The fourth-order valence-corrected chi connectivity index (χ4v) is 16.5. The molecule has 124 valence electrons. The molecule has 2 aromatic rings. The summed E-state index contributed by atoms with van der Waals surface area (Å²) >= 11 is 6.77. The number of thiol groups is 1. The molecule has 0 radical (unpaired) electrons. The zero-order valence-electron chi connectivity index (χ0n) is 11.3. The Morgan fingerprint density at radius 3 is 2.00 bits per heavy atom. The van der Waals surface area contributed by atoms with Crippen LogP contribution in [0.5, 0.6) is 0 Å². The summed E-state index contributed by atoms with van der Waals surface area (Å²) in [5.41, 5.74) is 0.957. The average molecular weight is 400 g/mol. The highest BCUT2D eigenvalue weighted by Crippen LogP contribution is 2.77. The zero-order chi connectivity index (χ0) is 16.7. The molecule has 0 aliphatic carbocycles. The molecule has 0 saturated carbocycles. The van der Waals surface area contributed by atoms with Gasteiger partial charge in [-0.25, -0.2) is 22.0 Å². The predicted octanol–water partition coefficient (Wildman–Crippen LogP) is 5.74. The quantitative estimate of drug-likeness (QED) is 0.225. The third-order valence-corrected chi connectivity index (χ3v) is 16.5. The maximum atomic E-state index is 14.0. The normalized spacial score (nSPS) is 25.7. The molecule has 0 spiro atoms. The first-order valence-electron chi connectivity index (χ1n) is 6.46. The van der Waals surface area contributed by atoms with Gasteiger partial charge in [-0.2, -0.15) is 10.5 Å². The molecule has 0 bridgehead atoms. The summed E-state index contributed by atoms with van der Waals surface area (Å²) in [4.78, 5) is -0.689.